The van der Waals surface area contributed by atoms with Gasteiger partial charge in [0, 0.05) is 0 Å². The standard InChI is InChI=1S/C10H30N4OSi2/c1-7-9(11,12)16(3,4)15-17(5,6)10(13,14)8-2/h7-8,11-14H2,1-6H3. The van der Waals surface area contributed by atoms with E-state index in [1.165, 1.54) is 0 Å². The highest BCUT2D eigenvalue weighted by Crippen LogP contribution is 2.27. The van der Waals surface area contributed by atoms with Crippen molar-refractivity contribution in [3.8, 4) is 0 Å². The average Bonchev–Trinajstić information content (AvgIpc) is 2.15. The molecule has 0 aromatic carbocycles. The summed E-state index contributed by atoms with van der Waals surface area (Å²) in [5, 5.41) is -1.50. The summed E-state index contributed by atoms with van der Waals surface area (Å²) in [6.45, 7) is 12.1. The molecule has 0 aromatic heterocycles. The van der Waals surface area contributed by atoms with Gasteiger partial charge in [-0.1, -0.05) is 13.8 Å². The van der Waals surface area contributed by atoms with Crippen LogP contribution >= 0.6 is 0 Å². The molecule has 0 heterocycles. The molecule has 0 radical (unpaired) electrons. The highest BCUT2D eigenvalue weighted by atomic mass is 28.4. The Morgan fingerprint density at radius 2 is 1.00 bits per heavy atom. The van der Waals surface area contributed by atoms with Crippen molar-refractivity contribution >= 4 is 16.6 Å². The second-order valence-electron chi connectivity index (χ2n) is 5.91. The predicted molar refractivity (Wildman–Crippen MR) is 78.8 cm³/mol. The third kappa shape index (κ3) is 3.60. The van der Waals surface area contributed by atoms with E-state index in [0.29, 0.717) is 12.8 Å². The highest BCUT2D eigenvalue weighted by Gasteiger charge is 2.50. The number of nitrogens with two attached hydrogens (primary N) is 4. The SMILES string of the molecule is CCC(N)(N)[Si](C)(C)O[Si](C)(C)C(N)(N)CC. The van der Waals surface area contributed by atoms with E-state index in [1.807, 2.05) is 40.0 Å². The predicted octanol–water partition coefficient (Wildman–Crippen LogP) is 0.539. The molecule has 0 aliphatic carbocycles. The molecule has 0 fully saturated rings. The van der Waals surface area contributed by atoms with Gasteiger partial charge in [-0.3, -0.25) is 0 Å². The summed E-state index contributed by atoms with van der Waals surface area (Å²) in [6, 6.07) is 0. The third-order valence-electron chi connectivity index (χ3n) is 3.92. The quantitative estimate of drug-likeness (QED) is 0.418. The van der Waals surface area contributed by atoms with Gasteiger partial charge in [-0.15, -0.1) is 0 Å². The van der Waals surface area contributed by atoms with E-state index >= 15 is 0 Å². The minimum atomic E-state index is -2.24. The fourth-order valence-electron chi connectivity index (χ4n) is 1.68. The Labute approximate surface area is 108 Å². The first-order valence-corrected chi connectivity index (χ1v) is 12.0. The van der Waals surface area contributed by atoms with Crippen LogP contribution in [0, 0.1) is 0 Å². The normalized spacial score (nSPS) is 15.2. The molecule has 17 heavy (non-hydrogen) atoms. The van der Waals surface area contributed by atoms with Crippen LogP contribution in [0.1, 0.15) is 26.7 Å². The van der Waals surface area contributed by atoms with Crippen LogP contribution in [-0.4, -0.2) is 27.2 Å². The van der Waals surface area contributed by atoms with E-state index in [9.17, 15) is 0 Å². The minimum absolute atomic E-state index is 0.685. The van der Waals surface area contributed by atoms with E-state index in [2.05, 4.69) is 0 Å². The van der Waals surface area contributed by atoms with Crippen molar-refractivity contribution in [2.24, 2.45) is 22.9 Å². The lowest BCUT2D eigenvalue weighted by molar-refractivity contribution is 0.401. The Hall–Kier alpha value is 0.234. The summed E-state index contributed by atoms with van der Waals surface area (Å²) in [7, 11) is -4.47. The zero-order chi connectivity index (χ0) is 14.1. The van der Waals surface area contributed by atoms with Crippen LogP contribution in [0.5, 0.6) is 0 Å². The molecule has 0 saturated heterocycles. The van der Waals surface area contributed by atoms with Gasteiger partial charge in [-0.25, -0.2) is 0 Å². The molecule has 0 atom stereocenters. The first kappa shape index (κ1) is 17.2. The van der Waals surface area contributed by atoms with Crippen molar-refractivity contribution in [3.05, 3.63) is 0 Å². The van der Waals surface area contributed by atoms with E-state index < -0.39 is 27.2 Å². The van der Waals surface area contributed by atoms with Gasteiger partial charge < -0.3 is 27.0 Å². The Morgan fingerprint density at radius 1 is 0.765 bits per heavy atom. The van der Waals surface area contributed by atoms with Crippen LogP contribution in [0.25, 0.3) is 0 Å². The molecule has 7 heteroatoms. The van der Waals surface area contributed by atoms with E-state index in [4.69, 9.17) is 27.0 Å². The van der Waals surface area contributed by atoms with E-state index in [-0.39, 0.29) is 0 Å². The molecular formula is C10H30N4OSi2. The minimum Gasteiger partial charge on any atom is -0.452 e. The van der Waals surface area contributed by atoms with Crippen LogP contribution in [0.4, 0.5) is 0 Å². The Bertz CT molecular complexity index is 241. The second-order valence-corrected chi connectivity index (χ2v) is 14.6. The second kappa shape index (κ2) is 5.08. The van der Waals surface area contributed by atoms with Gasteiger partial charge in [-0.05, 0) is 39.0 Å². The lowest BCUT2D eigenvalue weighted by Crippen LogP contribution is -2.76. The maximum absolute atomic E-state index is 6.31. The molecule has 0 rings (SSSR count). The van der Waals surface area contributed by atoms with Gasteiger partial charge in [-0.2, -0.15) is 0 Å². The van der Waals surface area contributed by atoms with Crippen molar-refractivity contribution in [2.45, 2.75) is 63.4 Å². The maximum Gasteiger partial charge on any atom is 0.208 e. The molecule has 0 aromatic rings. The molecule has 0 spiro atoms. The zero-order valence-electron chi connectivity index (χ0n) is 12.1. The van der Waals surface area contributed by atoms with Crippen molar-refractivity contribution in [1.82, 2.24) is 0 Å². The lowest BCUT2D eigenvalue weighted by Gasteiger charge is -2.48. The molecule has 0 unspecified atom stereocenters. The molecular weight excluding hydrogens is 248 g/mol. The van der Waals surface area contributed by atoms with E-state index in [1.54, 1.807) is 0 Å². The van der Waals surface area contributed by atoms with Gasteiger partial charge in [0.1, 0.15) is 0 Å². The summed E-state index contributed by atoms with van der Waals surface area (Å²) >= 11 is 0. The first-order valence-electron chi connectivity index (χ1n) is 6.18. The van der Waals surface area contributed by atoms with Crippen LogP contribution < -0.4 is 22.9 Å². The number of hydrogen-bond acceptors (Lipinski definition) is 5. The van der Waals surface area contributed by atoms with Crippen LogP contribution in [-0.2, 0) is 4.12 Å². The van der Waals surface area contributed by atoms with Crippen LogP contribution in [0.3, 0.4) is 0 Å². The van der Waals surface area contributed by atoms with Crippen molar-refractivity contribution in [3.63, 3.8) is 0 Å². The molecule has 104 valence electrons. The van der Waals surface area contributed by atoms with Crippen molar-refractivity contribution in [2.75, 3.05) is 0 Å². The molecule has 0 amide bonds. The molecule has 8 N–H and O–H groups in total. The Kier molecular flexibility index (Phi) is 5.15. The first-order chi connectivity index (χ1) is 7.33. The van der Waals surface area contributed by atoms with Gasteiger partial charge in [0.2, 0.25) is 16.6 Å². The fraction of sp³-hybridized carbons (Fsp3) is 1.00. The monoisotopic (exact) mass is 278 g/mol. The summed E-state index contributed by atoms with van der Waals surface area (Å²) < 4.78 is 6.31. The fourth-order valence-corrected chi connectivity index (χ4v) is 10.0. The average molecular weight is 279 g/mol. The smallest absolute Gasteiger partial charge is 0.208 e. The number of hydrogen-bond donors (Lipinski definition) is 4. The molecule has 5 nitrogen and oxygen atoms in total. The summed E-state index contributed by atoms with van der Waals surface area (Å²) in [6.07, 6.45) is 1.37. The molecule has 0 aliphatic rings. The largest absolute Gasteiger partial charge is 0.452 e. The molecule has 0 aliphatic heterocycles. The van der Waals surface area contributed by atoms with Gasteiger partial charge >= 0.3 is 0 Å². The maximum atomic E-state index is 6.31. The zero-order valence-corrected chi connectivity index (χ0v) is 14.1. The van der Waals surface area contributed by atoms with Gasteiger partial charge in [0.05, 0.1) is 10.6 Å². The summed E-state index contributed by atoms with van der Waals surface area (Å²) in [4.78, 5) is 0. The van der Waals surface area contributed by atoms with E-state index in [0.717, 1.165) is 0 Å². The Balaban J connectivity index is 5.07. The highest BCUT2D eigenvalue weighted by molar-refractivity contribution is 6.87. The topological polar surface area (TPSA) is 113 Å². The summed E-state index contributed by atoms with van der Waals surface area (Å²) in [5.74, 6) is 0. The molecule has 0 saturated carbocycles. The van der Waals surface area contributed by atoms with Gasteiger partial charge in [0.15, 0.2) is 0 Å². The van der Waals surface area contributed by atoms with Crippen LogP contribution in [0.15, 0.2) is 0 Å². The number of rotatable bonds is 6. The van der Waals surface area contributed by atoms with Crippen LogP contribution in [0.2, 0.25) is 26.2 Å². The van der Waals surface area contributed by atoms with Crippen molar-refractivity contribution < 1.29 is 4.12 Å². The Morgan fingerprint density at radius 3 is 1.18 bits per heavy atom. The third-order valence-corrected chi connectivity index (χ3v) is 13.2. The molecule has 0 bridgehead atoms. The lowest BCUT2D eigenvalue weighted by atomic mass is 10.4. The van der Waals surface area contributed by atoms with Gasteiger partial charge in [0.25, 0.3) is 0 Å². The van der Waals surface area contributed by atoms with Crippen molar-refractivity contribution in [1.29, 1.82) is 0 Å². The summed E-state index contributed by atoms with van der Waals surface area (Å²) in [5.41, 5.74) is 24.6.